The molecule has 1 heterocycles. The fourth-order valence-electron chi connectivity index (χ4n) is 4.11. The average molecular weight is 337 g/mol. The van der Waals surface area contributed by atoms with Crippen molar-refractivity contribution in [1.29, 1.82) is 0 Å². The van der Waals surface area contributed by atoms with Crippen LogP contribution in [0.3, 0.4) is 0 Å². The monoisotopic (exact) mass is 336 g/mol. The van der Waals surface area contributed by atoms with Gasteiger partial charge in [-0.15, -0.1) is 0 Å². The number of para-hydroxylation sites is 2. The van der Waals surface area contributed by atoms with E-state index in [-0.39, 0.29) is 0 Å². The van der Waals surface area contributed by atoms with E-state index in [1.165, 1.54) is 33.6 Å². The molecule has 2 heteroatoms. The first-order valence-corrected chi connectivity index (χ1v) is 9.59. The highest BCUT2D eigenvalue weighted by Gasteiger charge is 2.26. The van der Waals surface area contributed by atoms with Crippen LogP contribution in [0.1, 0.15) is 61.8 Å². The number of aryl methyl sites for hydroxylation is 2. The first-order valence-electron chi connectivity index (χ1n) is 9.59. The van der Waals surface area contributed by atoms with Gasteiger partial charge in [0.15, 0.2) is 0 Å². The van der Waals surface area contributed by atoms with Crippen LogP contribution in [0.25, 0.3) is 0 Å². The molecule has 0 N–H and O–H groups in total. The predicted molar refractivity (Wildman–Crippen MR) is 110 cm³/mol. The van der Waals surface area contributed by atoms with Gasteiger partial charge in [-0.2, -0.15) is 0 Å². The minimum atomic E-state index is 0.550. The molecule has 0 aromatic heterocycles. The van der Waals surface area contributed by atoms with E-state index in [9.17, 15) is 0 Å². The molecule has 0 bridgehead atoms. The van der Waals surface area contributed by atoms with Gasteiger partial charge >= 0.3 is 0 Å². The van der Waals surface area contributed by atoms with E-state index in [4.69, 9.17) is 0 Å². The Morgan fingerprint density at radius 1 is 0.680 bits per heavy atom. The Morgan fingerprint density at radius 2 is 1.08 bits per heavy atom. The van der Waals surface area contributed by atoms with Crippen LogP contribution in [-0.4, -0.2) is 19.8 Å². The van der Waals surface area contributed by atoms with Crippen LogP contribution >= 0.6 is 0 Å². The zero-order chi connectivity index (χ0) is 18.1. The molecule has 0 spiro atoms. The molecule has 1 saturated heterocycles. The average Bonchev–Trinajstić information content (AvgIpc) is 3.03. The minimum absolute atomic E-state index is 0.550. The van der Waals surface area contributed by atoms with Crippen LogP contribution < -0.4 is 9.80 Å². The van der Waals surface area contributed by atoms with Crippen molar-refractivity contribution in [3.63, 3.8) is 0 Å². The summed E-state index contributed by atoms with van der Waals surface area (Å²) < 4.78 is 0. The third-order valence-electron chi connectivity index (χ3n) is 5.40. The van der Waals surface area contributed by atoms with Gasteiger partial charge in [0.2, 0.25) is 0 Å². The Hall–Kier alpha value is -1.96. The van der Waals surface area contributed by atoms with E-state index >= 15 is 0 Å². The standard InChI is InChI=1S/C23H32N2/c1-16(2)20-11-7-9-18(5)22(20)24-13-14-25(15-24)23-19(6)10-8-12-21(23)17(3)4/h7-12,16-17H,13-15H2,1-6H3. The molecule has 0 unspecified atom stereocenters. The number of nitrogens with zero attached hydrogens (tertiary/aromatic N) is 2. The molecule has 134 valence electrons. The quantitative estimate of drug-likeness (QED) is 0.692. The molecule has 0 aliphatic carbocycles. The van der Waals surface area contributed by atoms with Crippen LogP contribution in [0.2, 0.25) is 0 Å². The normalized spacial score (nSPS) is 14.9. The van der Waals surface area contributed by atoms with Crippen molar-refractivity contribution in [3.05, 3.63) is 58.7 Å². The first kappa shape index (κ1) is 17.8. The summed E-state index contributed by atoms with van der Waals surface area (Å²) in [4.78, 5) is 5.14. The molecule has 2 nitrogen and oxygen atoms in total. The summed E-state index contributed by atoms with van der Waals surface area (Å²) in [7, 11) is 0. The maximum absolute atomic E-state index is 2.57. The number of anilines is 2. The van der Waals surface area contributed by atoms with Gasteiger partial charge in [0.25, 0.3) is 0 Å². The second-order valence-corrected chi connectivity index (χ2v) is 8.00. The minimum Gasteiger partial charge on any atom is -0.352 e. The summed E-state index contributed by atoms with van der Waals surface area (Å²) in [5.41, 5.74) is 8.61. The van der Waals surface area contributed by atoms with Crippen molar-refractivity contribution in [3.8, 4) is 0 Å². The van der Waals surface area contributed by atoms with Gasteiger partial charge < -0.3 is 9.80 Å². The van der Waals surface area contributed by atoms with Gasteiger partial charge in [-0.3, -0.25) is 0 Å². The topological polar surface area (TPSA) is 6.48 Å². The van der Waals surface area contributed by atoms with Crippen molar-refractivity contribution < 1.29 is 0 Å². The summed E-state index contributed by atoms with van der Waals surface area (Å²) in [6.07, 6.45) is 0. The van der Waals surface area contributed by atoms with Crippen molar-refractivity contribution >= 4 is 11.4 Å². The molecule has 25 heavy (non-hydrogen) atoms. The van der Waals surface area contributed by atoms with E-state index in [1.54, 1.807) is 0 Å². The Balaban J connectivity index is 1.94. The van der Waals surface area contributed by atoms with Crippen molar-refractivity contribution in [2.24, 2.45) is 0 Å². The largest absolute Gasteiger partial charge is 0.352 e. The van der Waals surface area contributed by atoms with E-state index in [0.717, 1.165) is 19.8 Å². The number of rotatable bonds is 4. The second kappa shape index (κ2) is 7.11. The molecule has 0 saturated carbocycles. The third kappa shape index (κ3) is 3.40. The lowest BCUT2D eigenvalue weighted by Crippen LogP contribution is -2.27. The molecular weight excluding hydrogens is 304 g/mol. The molecule has 1 aliphatic rings. The summed E-state index contributed by atoms with van der Waals surface area (Å²) in [5, 5.41) is 0. The van der Waals surface area contributed by atoms with Gasteiger partial charge in [0.1, 0.15) is 0 Å². The lowest BCUT2D eigenvalue weighted by atomic mass is 9.97. The highest BCUT2D eigenvalue weighted by atomic mass is 15.4. The van der Waals surface area contributed by atoms with Crippen LogP contribution in [-0.2, 0) is 0 Å². The summed E-state index contributed by atoms with van der Waals surface area (Å²) in [5.74, 6) is 1.10. The SMILES string of the molecule is Cc1cccc(C(C)C)c1N1CCN(c2c(C)cccc2C(C)C)C1. The van der Waals surface area contributed by atoms with Crippen molar-refractivity contribution in [1.82, 2.24) is 0 Å². The molecule has 1 aliphatic heterocycles. The maximum Gasteiger partial charge on any atom is 0.0904 e. The molecular formula is C23H32N2. The smallest absolute Gasteiger partial charge is 0.0904 e. The van der Waals surface area contributed by atoms with Gasteiger partial charge in [-0.25, -0.2) is 0 Å². The fraction of sp³-hybridized carbons (Fsp3) is 0.478. The van der Waals surface area contributed by atoms with Gasteiger partial charge in [-0.05, 0) is 47.9 Å². The zero-order valence-corrected chi connectivity index (χ0v) is 16.6. The van der Waals surface area contributed by atoms with Gasteiger partial charge in [0.05, 0.1) is 6.67 Å². The predicted octanol–water partition coefficient (Wildman–Crippen LogP) is 5.83. The number of benzene rings is 2. The van der Waals surface area contributed by atoms with Crippen molar-refractivity contribution in [2.75, 3.05) is 29.6 Å². The summed E-state index contributed by atoms with van der Waals surface area (Å²) in [6.45, 7) is 16.8. The zero-order valence-electron chi connectivity index (χ0n) is 16.6. The van der Waals surface area contributed by atoms with E-state index < -0.39 is 0 Å². The molecule has 0 amide bonds. The van der Waals surface area contributed by atoms with E-state index in [0.29, 0.717) is 11.8 Å². The Bertz CT molecular complexity index is 682. The Labute approximate surface area is 153 Å². The molecule has 2 aromatic rings. The van der Waals surface area contributed by atoms with Crippen LogP contribution in [0, 0.1) is 13.8 Å². The highest BCUT2D eigenvalue weighted by molar-refractivity contribution is 5.66. The lowest BCUT2D eigenvalue weighted by molar-refractivity contribution is 0.832. The highest BCUT2D eigenvalue weighted by Crippen LogP contribution is 2.36. The van der Waals surface area contributed by atoms with Gasteiger partial charge in [0, 0.05) is 24.5 Å². The summed E-state index contributed by atoms with van der Waals surface area (Å²) >= 11 is 0. The van der Waals surface area contributed by atoms with E-state index in [1.807, 2.05) is 0 Å². The van der Waals surface area contributed by atoms with Crippen LogP contribution in [0.4, 0.5) is 11.4 Å². The molecule has 0 atom stereocenters. The van der Waals surface area contributed by atoms with Crippen LogP contribution in [0.15, 0.2) is 36.4 Å². The Kier molecular flexibility index (Phi) is 5.08. The first-order chi connectivity index (χ1) is 11.9. The van der Waals surface area contributed by atoms with Crippen molar-refractivity contribution in [2.45, 2.75) is 53.4 Å². The van der Waals surface area contributed by atoms with E-state index in [2.05, 4.69) is 87.7 Å². The second-order valence-electron chi connectivity index (χ2n) is 8.00. The molecule has 0 radical (unpaired) electrons. The molecule has 1 fully saturated rings. The third-order valence-corrected chi connectivity index (χ3v) is 5.40. The molecule has 2 aromatic carbocycles. The lowest BCUT2D eigenvalue weighted by Gasteiger charge is -2.28. The maximum atomic E-state index is 2.57. The molecule has 3 rings (SSSR count). The number of hydrogen-bond acceptors (Lipinski definition) is 2. The summed E-state index contributed by atoms with van der Waals surface area (Å²) in [6, 6.07) is 13.5. The fourth-order valence-corrected chi connectivity index (χ4v) is 4.11. The number of hydrogen-bond donors (Lipinski definition) is 0. The van der Waals surface area contributed by atoms with Gasteiger partial charge in [-0.1, -0.05) is 64.1 Å². The Morgan fingerprint density at radius 3 is 1.44 bits per heavy atom. The van der Waals surface area contributed by atoms with Crippen LogP contribution in [0.5, 0.6) is 0 Å².